The number of hydrogen-bond donors (Lipinski definition) is 0. The summed E-state index contributed by atoms with van der Waals surface area (Å²) in [6.45, 7) is 7.70. The fourth-order valence-corrected chi connectivity index (χ4v) is 4.44. The van der Waals surface area contributed by atoms with Crippen LogP contribution < -0.4 is 0 Å². The van der Waals surface area contributed by atoms with Crippen LogP contribution in [0.4, 0.5) is 4.39 Å². The van der Waals surface area contributed by atoms with Crippen LogP contribution in [0.5, 0.6) is 0 Å². The largest absolute Gasteiger partial charge is 0.339 e. The summed E-state index contributed by atoms with van der Waals surface area (Å²) in [7, 11) is 0. The van der Waals surface area contributed by atoms with E-state index in [4.69, 9.17) is 0 Å². The molecule has 28 heavy (non-hydrogen) atoms. The highest BCUT2D eigenvalue weighted by Crippen LogP contribution is 2.36. The number of halogens is 1. The van der Waals surface area contributed by atoms with Crippen molar-refractivity contribution < 1.29 is 9.18 Å². The number of fused-ring (bicyclic) bond motifs is 1. The second-order valence-corrected chi connectivity index (χ2v) is 7.66. The van der Waals surface area contributed by atoms with Crippen molar-refractivity contribution in [2.75, 3.05) is 45.8 Å². The van der Waals surface area contributed by atoms with Crippen LogP contribution in [-0.4, -0.2) is 66.4 Å². The van der Waals surface area contributed by atoms with Gasteiger partial charge in [-0.15, -0.1) is 0 Å². The van der Waals surface area contributed by atoms with E-state index < -0.39 is 0 Å². The minimum atomic E-state index is -0.216. The van der Waals surface area contributed by atoms with Gasteiger partial charge in [0.25, 0.3) is 0 Å². The molecule has 148 valence electrons. The maximum absolute atomic E-state index is 14.7. The Morgan fingerprint density at radius 3 is 2.36 bits per heavy atom. The Kier molecular flexibility index (Phi) is 5.74. The van der Waals surface area contributed by atoms with Crippen LogP contribution in [0.2, 0.25) is 0 Å². The van der Waals surface area contributed by atoms with Crippen LogP contribution in [0, 0.1) is 5.82 Å². The van der Waals surface area contributed by atoms with Gasteiger partial charge in [-0.25, -0.2) is 4.39 Å². The number of carbonyl (C=O) groups is 1. The van der Waals surface area contributed by atoms with Gasteiger partial charge in [0.1, 0.15) is 5.82 Å². The molecule has 0 aromatic heterocycles. The van der Waals surface area contributed by atoms with E-state index in [9.17, 15) is 9.18 Å². The first-order valence-corrected chi connectivity index (χ1v) is 10.2. The number of piperazine rings is 1. The number of likely N-dealkylation sites (N-methyl/N-ethyl adjacent to an activating group) is 1. The summed E-state index contributed by atoms with van der Waals surface area (Å²) < 4.78 is 14.7. The van der Waals surface area contributed by atoms with E-state index in [0.29, 0.717) is 12.1 Å². The molecule has 2 aromatic rings. The van der Waals surface area contributed by atoms with Gasteiger partial charge < -0.3 is 9.80 Å². The van der Waals surface area contributed by atoms with Gasteiger partial charge in [0.2, 0.25) is 5.91 Å². The van der Waals surface area contributed by atoms with Gasteiger partial charge >= 0.3 is 0 Å². The second-order valence-electron chi connectivity index (χ2n) is 7.66. The molecule has 1 unspecified atom stereocenters. The number of amides is 1. The van der Waals surface area contributed by atoms with E-state index in [0.717, 1.165) is 51.3 Å². The quantitative estimate of drug-likeness (QED) is 0.815. The molecular formula is C23H28FN3O. The van der Waals surface area contributed by atoms with Crippen molar-refractivity contribution in [3.05, 3.63) is 71.0 Å². The first kappa shape index (κ1) is 19.1. The third-order valence-corrected chi connectivity index (χ3v) is 6.09. The van der Waals surface area contributed by atoms with Gasteiger partial charge in [0.15, 0.2) is 0 Å². The van der Waals surface area contributed by atoms with E-state index in [2.05, 4.69) is 28.9 Å². The maximum Gasteiger partial charge on any atom is 0.236 e. The summed E-state index contributed by atoms with van der Waals surface area (Å²) in [6.07, 6.45) is 0.887. The molecule has 2 aliphatic heterocycles. The van der Waals surface area contributed by atoms with Crippen molar-refractivity contribution in [3.63, 3.8) is 0 Å². The van der Waals surface area contributed by atoms with E-state index in [-0.39, 0.29) is 17.8 Å². The number of nitrogens with zero attached hydrogens (tertiary/aromatic N) is 3. The summed E-state index contributed by atoms with van der Waals surface area (Å²) in [5, 5.41) is 0. The molecule has 2 aliphatic rings. The van der Waals surface area contributed by atoms with E-state index in [1.54, 1.807) is 6.07 Å². The Morgan fingerprint density at radius 1 is 0.964 bits per heavy atom. The van der Waals surface area contributed by atoms with Crippen LogP contribution >= 0.6 is 0 Å². The average Bonchev–Trinajstić information content (AvgIpc) is 2.74. The first-order valence-electron chi connectivity index (χ1n) is 10.2. The van der Waals surface area contributed by atoms with Crippen LogP contribution in [0.25, 0.3) is 0 Å². The molecule has 0 N–H and O–H groups in total. The lowest BCUT2D eigenvalue weighted by atomic mass is 9.88. The Hall–Kier alpha value is -2.24. The van der Waals surface area contributed by atoms with Crippen molar-refractivity contribution in [2.45, 2.75) is 19.4 Å². The van der Waals surface area contributed by atoms with Crippen LogP contribution in [0.1, 0.15) is 29.7 Å². The lowest BCUT2D eigenvalue weighted by Gasteiger charge is -2.40. The molecule has 4 nitrogen and oxygen atoms in total. The molecule has 5 heteroatoms. The monoisotopic (exact) mass is 381 g/mol. The average molecular weight is 381 g/mol. The lowest BCUT2D eigenvalue weighted by Crippen LogP contribution is -2.52. The zero-order chi connectivity index (χ0) is 19.5. The zero-order valence-electron chi connectivity index (χ0n) is 16.5. The molecular weight excluding hydrogens is 353 g/mol. The number of benzene rings is 2. The first-order chi connectivity index (χ1) is 13.7. The Morgan fingerprint density at radius 2 is 1.64 bits per heavy atom. The molecule has 2 heterocycles. The molecule has 1 fully saturated rings. The second kappa shape index (κ2) is 8.41. The molecule has 1 amide bonds. The van der Waals surface area contributed by atoms with Gasteiger partial charge in [-0.3, -0.25) is 9.69 Å². The van der Waals surface area contributed by atoms with Crippen molar-refractivity contribution in [2.24, 2.45) is 0 Å². The van der Waals surface area contributed by atoms with Crippen molar-refractivity contribution in [1.29, 1.82) is 0 Å². The van der Waals surface area contributed by atoms with Crippen LogP contribution in [-0.2, 0) is 11.2 Å². The molecule has 4 rings (SSSR count). The zero-order valence-corrected chi connectivity index (χ0v) is 16.5. The van der Waals surface area contributed by atoms with E-state index >= 15 is 0 Å². The van der Waals surface area contributed by atoms with E-state index in [1.807, 2.05) is 29.2 Å². The number of carbonyl (C=O) groups excluding carboxylic acids is 1. The predicted octanol–water partition coefficient (Wildman–Crippen LogP) is 2.94. The van der Waals surface area contributed by atoms with Crippen LogP contribution in [0.3, 0.4) is 0 Å². The summed E-state index contributed by atoms with van der Waals surface area (Å²) in [5.41, 5.74) is 3.01. The highest BCUT2D eigenvalue weighted by Gasteiger charge is 2.32. The molecule has 0 radical (unpaired) electrons. The van der Waals surface area contributed by atoms with Gasteiger partial charge in [0, 0.05) is 38.3 Å². The molecule has 0 saturated carbocycles. The minimum absolute atomic E-state index is 0.150. The fourth-order valence-electron chi connectivity index (χ4n) is 4.44. The highest BCUT2D eigenvalue weighted by molar-refractivity contribution is 5.78. The standard InChI is InChI=1S/C23H28FN3O/c1-2-25-13-15-26(16-14-25)22(28)17-27-12-11-18-7-3-4-8-19(18)23(27)20-9-5-6-10-21(20)24/h3-10,23H,2,11-17H2,1H3. The third kappa shape index (κ3) is 3.82. The fraction of sp³-hybridized carbons (Fsp3) is 0.435. The summed E-state index contributed by atoms with van der Waals surface area (Å²) in [6, 6.07) is 15.0. The number of hydrogen-bond acceptors (Lipinski definition) is 3. The van der Waals surface area contributed by atoms with Crippen molar-refractivity contribution >= 4 is 5.91 Å². The topological polar surface area (TPSA) is 26.8 Å². The Balaban J connectivity index is 1.57. The maximum atomic E-state index is 14.7. The molecule has 2 aromatic carbocycles. The normalized spacial score (nSPS) is 20.8. The van der Waals surface area contributed by atoms with Gasteiger partial charge in [0.05, 0.1) is 12.6 Å². The molecule has 0 bridgehead atoms. The van der Waals surface area contributed by atoms with Crippen molar-refractivity contribution in [1.82, 2.24) is 14.7 Å². The van der Waals surface area contributed by atoms with Gasteiger partial charge in [-0.1, -0.05) is 49.4 Å². The molecule has 0 aliphatic carbocycles. The van der Waals surface area contributed by atoms with Crippen molar-refractivity contribution in [3.8, 4) is 0 Å². The van der Waals surface area contributed by atoms with E-state index in [1.165, 1.54) is 11.6 Å². The summed E-state index contributed by atoms with van der Waals surface area (Å²) >= 11 is 0. The molecule has 0 spiro atoms. The number of rotatable bonds is 4. The predicted molar refractivity (Wildman–Crippen MR) is 109 cm³/mol. The lowest BCUT2D eigenvalue weighted by molar-refractivity contribution is -0.134. The van der Waals surface area contributed by atoms with Crippen LogP contribution in [0.15, 0.2) is 48.5 Å². The third-order valence-electron chi connectivity index (χ3n) is 6.09. The summed E-state index contributed by atoms with van der Waals surface area (Å²) in [4.78, 5) is 19.5. The SMILES string of the molecule is CCN1CCN(C(=O)CN2CCc3ccccc3C2c2ccccc2F)CC1. The minimum Gasteiger partial charge on any atom is -0.339 e. The smallest absolute Gasteiger partial charge is 0.236 e. The summed E-state index contributed by atoms with van der Waals surface area (Å²) in [5.74, 6) is -0.0605. The van der Waals surface area contributed by atoms with Gasteiger partial charge in [-0.05, 0) is 30.2 Å². The molecule has 1 saturated heterocycles. The molecule has 1 atom stereocenters. The van der Waals surface area contributed by atoms with Gasteiger partial charge in [-0.2, -0.15) is 0 Å². The Labute approximate surface area is 166 Å². The highest BCUT2D eigenvalue weighted by atomic mass is 19.1. The Bertz CT molecular complexity index is 832.